The summed E-state index contributed by atoms with van der Waals surface area (Å²) in [6, 6.07) is 19.1. The van der Waals surface area contributed by atoms with Crippen molar-refractivity contribution in [1.29, 1.82) is 0 Å². The lowest BCUT2D eigenvalue weighted by Crippen LogP contribution is -1.94. The Hall–Kier alpha value is -2.35. The minimum atomic E-state index is 1.03. The molecule has 0 saturated heterocycles. The highest BCUT2D eigenvalue weighted by atomic mass is 15.3. The first-order chi connectivity index (χ1) is 9.65. The van der Waals surface area contributed by atoms with Crippen LogP contribution in [0.4, 0.5) is 0 Å². The number of hydrogen-bond donors (Lipinski definition) is 0. The van der Waals surface area contributed by atoms with Gasteiger partial charge < -0.3 is 0 Å². The summed E-state index contributed by atoms with van der Waals surface area (Å²) < 4.78 is 1.95. The van der Waals surface area contributed by atoms with E-state index in [1.165, 1.54) is 22.3 Å². The Balaban J connectivity index is 2.08. The van der Waals surface area contributed by atoms with Gasteiger partial charge >= 0.3 is 0 Å². The van der Waals surface area contributed by atoms with Gasteiger partial charge in [0, 0.05) is 12.6 Å². The molecule has 2 nitrogen and oxygen atoms in total. The van der Waals surface area contributed by atoms with Gasteiger partial charge in [-0.15, -0.1) is 0 Å². The van der Waals surface area contributed by atoms with E-state index in [4.69, 9.17) is 0 Å². The van der Waals surface area contributed by atoms with Crippen LogP contribution in [-0.4, -0.2) is 9.78 Å². The fourth-order valence-electron chi connectivity index (χ4n) is 2.45. The maximum atomic E-state index is 4.66. The lowest BCUT2D eigenvalue weighted by Gasteiger charge is -2.01. The molecule has 0 amide bonds. The molecule has 2 heteroatoms. The third-order valence-electron chi connectivity index (χ3n) is 3.65. The van der Waals surface area contributed by atoms with Crippen molar-refractivity contribution < 1.29 is 0 Å². The zero-order valence-electron chi connectivity index (χ0n) is 12.1. The van der Waals surface area contributed by atoms with Crippen molar-refractivity contribution in [3.8, 4) is 22.5 Å². The number of rotatable bonds is 2. The highest BCUT2D eigenvalue weighted by Gasteiger charge is 2.10. The van der Waals surface area contributed by atoms with Gasteiger partial charge in [0.15, 0.2) is 0 Å². The summed E-state index contributed by atoms with van der Waals surface area (Å²) in [5.74, 6) is 0. The van der Waals surface area contributed by atoms with Gasteiger partial charge in [-0.25, -0.2) is 0 Å². The fourth-order valence-corrected chi connectivity index (χ4v) is 2.45. The second-order valence-electron chi connectivity index (χ2n) is 5.22. The fraction of sp³-hybridized carbons (Fsp3) is 0.167. The second kappa shape index (κ2) is 4.97. The molecule has 0 fully saturated rings. The van der Waals surface area contributed by atoms with Crippen LogP contribution in [-0.2, 0) is 7.05 Å². The van der Waals surface area contributed by atoms with Gasteiger partial charge in [-0.3, -0.25) is 4.68 Å². The maximum absolute atomic E-state index is 4.66. The Morgan fingerprint density at radius 1 is 0.900 bits per heavy atom. The van der Waals surface area contributed by atoms with Crippen molar-refractivity contribution in [2.45, 2.75) is 13.8 Å². The third kappa shape index (κ3) is 2.25. The number of hydrogen-bond acceptors (Lipinski definition) is 1. The van der Waals surface area contributed by atoms with Gasteiger partial charge in [-0.05, 0) is 31.0 Å². The van der Waals surface area contributed by atoms with Crippen molar-refractivity contribution in [2.75, 3.05) is 0 Å². The molecule has 100 valence electrons. The van der Waals surface area contributed by atoms with Crippen molar-refractivity contribution in [2.24, 2.45) is 7.05 Å². The van der Waals surface area contributed by atoms with E-state index < -0.39 is 0 Å². The normalized spacial score (nSPS) is 10.8. The molecule has 1 heterocycles. The van der Waals surface area contributed by atoms with Gasteiger partial charge in [0.25, 0.3) is 0 Å². The first kappa shape index (κ1) is 12.7. The summed E-state index contributed by atoms with van der Waals surface area (Å²) in [5, 5.41) is 4.66. The minimum absolute atomic E-state index is 1.03. The quantitative estimate of drug-likeness (QED) is 0.670. The summed E-state index contributed by atoms with van der Waals surface area (Å²) in [6.07, 6.45) is 0. The highest BCUT2D eigenvalue weighted by molar-refractivity contribution is 5.70. The summed E-state index contributed by atoms with van der Waals surface area (Å²) in [6.45, 7) is 4.22. The van der Waals surface area contributed by atoms with Gasteiger partial charge in [0.05, 0.1) is 11.4 Å². The van der Waals surface area contributed by atoms with Crippen LogP contribution in [0.15, 0.2) is 54.6 Å². The van der Waals surface area contributed by atoms with Crippen molar-refractivity contribution >= 4 is 0 Å². The van der Waals surface area contributed by atoms with Crippen molar-refractivity contribution in [1.82, 2.24) is 9.78 Å². The number of nitrogens with zero attached hydrogens (tertiary/aromatic N) is 2. The summed E-state index contributed by atoms with van der Waals surface area (Å²) in [7, 11) is 2.00. The lowest BCUT2D eigenvalue weighted by atomic mass is 10.0. The Morgan fingerprint density at radius 2 is 1.60 bits per heavy atom. The molecule has 0 bridgehead atoms. The van der Waals surface area contributed by atoms with Gasteiger partial charge in [-0.2, -0.15) is 5.10 Å². The molecule has 0 aliphatic carbocycles. The van der Waals surface area contributed by atoms with Crippen LogP contribution in [0, 0.1) is 13.8 Å². The molecule has 0 radical (unpaired) electrons. The first-order valence-corrected chi connectivity index (χ1v) is 6.82. The highest BCUT2D eigenvalue weighted by Crippen LogP contribution is 2.27. The predicted octanol–water partition coefficient (Wildman–Crippen LogP) is 4.37. The molecule has 3 aromatic rings. The SMILES string of the molecule is Cc1ccc(-c2cc(-c3ccccc3C)nn2C)cc1. The van der Waals surface area contributed by atoms with Crippen LogP contribution in [0.2, 0.25) is 0 Å². The van der Waals surface area contributed by atoms with E-state index in [2.05, 4.69) is 73.5 Å². The molecule has 0 aliphatic heterocycles. The van der Waals surface area contributed by atoms with E-state index in [0.29, 0.717) is 0 Å². The average Bonchev–Trinajstić information content (AvgIpc) is 2.82. The Kier molecular flexibility index (Phi) is 3.15. The van der Waals surface area contributed by atoms with Crippen LogP contribution in [0.25, 0.3) is 22.5 Å². The molecular weight excluding hydrogens is 244 g/mol. The second-order valence-corrected chi connectivity index (χ2v) is 5.22. The van der Waals surface area contributed by atoms with E-state index >= 15 is 0 Å². The minimum Gasteiger partial charge on any atom is -0.267 e. The molecule has 1 aromatic heterocycles. The van der Waals surface area contributed by atoms with Crippen LogP contribution in [0.5, 0.6) is 0 Å². The van der Waals surface area contributed by atoms with Crippen molar-refractivity contribution in [3.63, 3.8) is 0 Å². The number of aromatic nitrogens is 2. The molecule has 0 unspecified atom stereocenters. The van der Waals surface area contributed by atoms with Crippen LogP contribution in [0.1, 0.15) is 11.1 Å². The monoisotopic (exact) mass is 262 g/mol. The zero-order valence-corrected chi connectivity index (χ0v) is 12.1. The summed E-state index contributed by atoms with van der Waals surface area (Å²) in [4.78, 5) is 0. The average molecular weight is 262 g/mol. The standard InChI is InChI=1S/C18H18N2/c1-13-8-10-15(11-9-13)18-12-17(19-20(18)3)16-7-5-4-6-14(16)2/h4-12H,1-3H3. The molecular formula is C18H18N2. The van der Waals surface area contributed by atoms with Gasteiger partial charge in [-0.1, -0.05) is 54.1 Å². The molecule has 2 aromatic carbocycles. The molecule has 3 rings (SSSR count). The molecule has 20 heavy (non-hydrogen) atoms. The Morgan fingerprint density at radius 3 is 2.30 bits per heavy atom. The molecule has 0 atom stereocenters. The number of benzene rings is 2. The first-order valence-electron chi connectivity index (χ1n) is 6.82. The molecule has 0 aliphatic rings. The van der Waals surface area contributed by atoms with E-state index in [1.807, 2.05) is 11.7 Å². The van der Waals surface area contributed by atoms with E-state index in [9.17, 15) is 0 Å². The topological polar surface area (TPSA) is 17.8 Å². The maximum Gasteiger partial charge on any atom is 0.0932 e. The van der Waals surface area contributed by atoms with E-state index in [0.717, 1.165) is 11.4 Å². The zero-order chi connectivity index (χ0) is 14.1. The van der Waals surface area contributed by atoms with Crippen molar-refractivity contribution in [3.05, 3.63) is 65.7 Å². The molecule has 0 N–H and O–H groups in total. The number of aryl methyl sites for hydroxylation is 3. The van der Waals surface area contributed by atoms with Crippen LogP contribution in [0.3, 0.4) is 0 Å². The van der Waals surface area contributed by atoms with E-state index in [-0.39, 0.29) is 0 Å². The van der Waals surface area contributed by atoms with Crippen LogP contribution >= 0.6 is 0 Å². The third-order valence-corrected chi connectivity index (χ3v) is 3.65. The predicted molar refractivity (Wildman–Crippen MR) is 83.6 cm³/mol. The lowest BCUT2D eigenvalue weighted by molar-refractivity contribution is 0.779. The summed E-state index contributed by atoms with van der Waals surface area (Å²) in [5.41, 5.74) is 7.09. The van der Waals surface area contributed by atoms with Gasteiger partial charge in [0.1, 0.15) is 0 Å². The molecule has 0 saturated carbocycles. The molecule has 0 spiro atoms. The largest absolute Gasteiger partial charge is 0.267 e. The van der Waals surface area contributed by atoms with Gasteiger partial charge in [0.2, 0.25) is 0 Å². The van der Waals surface area contributed by atoms with E-state index in [1.54, 1.807) is 0 Å². The Labute approximate surface area is 119 Å². The Bertz CT molecular complexity index is 736. The smallest absolute Gasteiger partial charge is 0.0932 e. The summed E-state index contributed by atoms with van der Waals surface area (Å²) >= 11 is 0. The van der Waals surface area contributed by atoms with Crippen LogP contribution < -0.4 is 0 Å².